The first kappa shape index (κ1) is 12.8. The molecule has 0 aromatic carbocycles. The molecule has 0 aromatic heterocycles. The van der Waals surface area contributed by atoms with Crippen molar-refractivity contribution in [3.05, 3.63) is 0 Å². The SMILES string of the molecule is CC(C)N1CCCC(CNC(=O)C2(N)CC2)C1. The molecular formula is C13H25N3O. The Kier molecular flexibility index (Phi) is 3.73. The van der Waals surface area contributed by atoms with Gasteiger partial charge in [0.05, 0.1) is 5.54 Å². The van der Waals surface area contributed by atoms with Crippen LogP contribution in [0.5, 0.6) is 0 Å². The molecule has 0 spiro atoms. The summed E-state index contributed by atoms with van der Waals surface area (Å²) in [7, 11) is 0. The van der Waals surface area contributed by atoms with Gasteiger partial charge in [-0.05, 0) is 52.0 Å². The number of nitrogens with one attached hydrogen (secondary N) is 1. The summed E-state index contributed by atoms with van der Waals surface area (Å²) >= 11 is 0. The number of hydrogen-bond donors (Lipinski definition) is 2. The van der Waals surface area contributed by atoms with E-state index in [1.165, 1.54) is 19.4 Å². The van der Waals surface area contributed by atoms with E-state index < -0.39 is 5.54 Å². The minimum atomic E-state index is -0.521. The highest BCUT2D eigenvalue weighted by Gasteiger charge is 2.45. The predicted octanol–water partition coefficient (Wildman–Crippen LogP) is 0.714. The molecular weight excluding hydrogens is 214 g/mol. The standard InChI is InChI=1S/C13H25N3O/c1-10(2)16-7-3-4-11(9-16)8-15-12(17)13(14)5-6-13/h10-11H,3-9,14H2,1-2H3,(H,15,17). The van der Waals surface area contributed by atoms with Crippen molar-refractivity contribution < 1.29 is 4.79 Å². The summed E-state index contributed by atoms with van der Waals surface area (Å²) in [6.07, 6.45) is 4.16. The Morgan fingerprint density at radius 3 is 2.82 bits per heavy atom. The van der Waals surface area contributed by atoms with Crippen LogP contribution in [0, 0.1) is 5.92 Å². The van der Waals surface area contributed by atoms with Crippen LogP contribution in [0.15, 0.2) is 0 Å². The monoisotopic (exact) mass is 239 g/mol. The molecule has 2 fully saturated rings. The molecule has 1 heterocycles. The number of carbonyl (C=O) groups excluding carboxylic acids is 1. The number of nitrogens with zero attached hydrogens (tertiary/aromatic N) is 1. The van der Waals surface area contributed by atoms with Gasteiger partial charge in [-0.2, -0.15) is 0 Å². The first-order chi connectivity index (χ1) is 8.01. The lowest BCUT2D eigenvalue weighted by atomic mass is 9.97. The number of nitrogens with two attached hydrogens (primary N) is 1. The van der Waals surface area contributed by atoms with Crippen LogP contribution in [0.3, 0.4) is 0 Å². The lowest BCUT2D eigenvalue weighted by Crippen LogP contribution is -2.47. The zero-order valence-corrected chi connectivity index (χ0v) is 11.0. The van der Waals surface area contributed by atoms with Crippen molar-refractivity contribution in [3.63, 3.8) is 0 Å². The molecule has 0 aromatic rings. The number of likely N-dealkylation sites (tertiary alicyclic amines) is 1. The van der Waals surface area contributed by atoms with Gasteiger partial charge in [0.1, 0.15) is 0 Å². The topological polar surface area (TPSA) is 58.4 Å². The Hall–Kier alpha value is -0.610. The maximum absolute atomic E-state index is 11.7. The second-order valence-corrected chi connectivity index (χ2v) is 5.96. The van der Waals surface area contributed by atoms with Crippen molar-refractivity contribution in [2.45, 2.75) is 51.1 Å². The summed E-state index contributed by atoms with van der Waals surface area (Å²) in [6.45, 7) is 7.57. The van der Waals surface area contributed by atoms with E-state index in [9.17, 15) is 4.79 Å². The average molecular weight is 239 g/mol. The molecule has 0 bridgehead atoms. The molecule has 0 radical (unpaired) electrons. The third kappa shape index (κ3) is 3.19. The molecule has 2 rings (SSSR count). The van der Waals surface area contributed by atoms with E-state index >= 15 is 0 Å². The van der Waals surface area contributed by atoms with E-state index in [4.69, 9.17) is 5.73 Å². The first-order valence-electron chi connectivity index (χ1n) is 6.82. The quantitative estimate of drug-likeness (QED) is 0.760. The van der Waals surface area contributed by atoms with E-state index in [2.05, 4.69) is 24.1 Å². The molecule has 1 amide bonds. The molecule has 4 nitrogen and oxygen atoms in total. The van der Waals surface area contributed by atoms with Crippen LogP contribution in [-0.4, -0.2) is 42.0 Å². The highest BCUT2D eigenvalue weighted by Crippen LogP contribution is 2.32. The van der Waals surface area contributed by atoms with Crippen molar-refractivity contribution >= 4 is 5.91 Å². The van der Waals surface area contributed by atoms with E-state index in [0.29, 0.717) is 12.0 Å². The third-order valence-corrected chi connectivity index (χ3v) is 4.07. The van der Waals surface area contributed by atoms with Crippen LogP contribution in [-0.2, 0) is 4.79 Å². The zero-order valence-electron chi connectivity index (χ0n) is 11.0. The smallest absolute Gasteiger partial charge is 0.240 e. The fraction of sp³-hybridized carbons (Fsp3) is 0.923. The number of carbonyl (C=O) groups is 1. The largest absolute Gasteiger partial charge is 0.354 e. The first-order valence-corrected chi connectivity index (χ1v) is 6.82. The molecule has 4 heteroatoms. The summed E-state index contributed by atoms with van der Waals surface area (Å²) in [5.41, 5.74) is 5.34. The Balaban J connectivity index is 1.73. The minimum Gasteiger partial charge on any atom is -0.354 e. The van der Waals surface area contributed by atoms with Crippen LogP contribution >= 0.6 is 0 Å². The van der Waals surface area contributed by atoms with E-state index in [1.54, 1.807) is 0 Å². The Morgan fingerprint density at radius 2 is 2.24 bits per heavy atom. The number of amides is 1. The molecule has 3 N–H and O–H groups in total. The molecule has 1 aliphatic heterocycles. The van der Waals surface area contributed by atoms with E-state index in [-0.39, 0.29) is 5.91 Å². The van der Waals surface area contributed by atoms with E-state index in [0.717, 1.165) is 25.9 Å². The fourth-order valence-corrected chi connectivity index (χ4v) is 2.51. The Morgan fingerprint density at radius 1 is 1.53 bits per heavy atom. The predicted molar refractivity (Wildman–Crippen MR) is 68.6 cm³/mol. The Labute approximate surface area is 104 Å². The summed E-state index contributed by atoms with van der Waals surface area (Å²) < 4.78 is 0. The number of hydrogen-bond acceptors (Lipinski definition) is 3. The van der Waals surface area contributed by atoms with Gasteiger partial charge in [-0.15, -0.1) is 0 Å². The van der Waals surface area contributed by atoms with Gasteiger partial charge < -0.3 is 16.0 Å². The van der Waals surface area contributed by atoms with Gasteiger partial charge in [-0.3, -0.25) is 4.79 Å². The van der Waals surface area contributed by atoms with Gasteiger partial charge in [0.15, 0.2) is 0 Å². The Bertz CT molecular complexity index is 286. The van der Waals surface area contributed by atoms with Crippen LogP contribution in [0.25, 0.3) is 0 Å². The van der Waals surface area contributed by atoms with Crippen molar-refractivity contribution in [2.75, 3.05) is 19.6 Å². The molecule has 1 aliphatic carbocycles. The van der Waals surface area contributed by atoms with Crippen molar-refractivity contribution in [3.8, 4) is 0 Å². The van der Waals surface area contributed by atoms with Crippen LogP contribution < -0.4 is 11.1 Å². The normalized spacial score (nSPS) is 28.1. The van der Waals surface area contributed by atoms with Crippen LogP contribution in [0.4, 0.5) is 0 Å². The molecule has 1 unspecified atom stereocenters. The summed E-state index contributed by atoms with van der Waals surface area (Å²) in [5, 5.41) is 3.02. The minimum absolute atomic E-state index is 0.0548. The van der Waals surface area contributed by atoms with Gasteiger partial charge >= 0.3 is 0 Å². The van der Waals surface area contributed by atoms with Gasteiger partial charge in [0.2, 0.25) is 5.91 Å². The highest BCUT2D eigenvalue weighted by atomic mass is 16.2. The maximum Gasteiger partial charge on any atom is 0.240 e. The molecule has 1 atom stereocenters. The van der Waals surface area contributed by atoms with Gasteiger partial charge in [0, 0.05) is 19.1 Å². The summed E-state index contributed by atoms with van der Waals surface area (Å²) in [6, 6.07) is 0.609. The van der Waals surface area contributed by atoms with Gasteiger partial charge in [-0.25, -0.2) is 0 Å². The zero-order chi connectivity index (χ0) is 12.5. The van der Waals surface area contributed by atoms with Crippen molar-refractivity contribution in [1.82, 2.24) is 10.2 Å². The summed E-state index contributed by atoms with van der Waals surface area (Å²) in [4.78, 5) is 14.2. The van der Waals surface area contributed by atoms with E-state index in [1.807, 2.05) is 0 Å². The van der Waals surface area contributed by atoms with Crippen LogP contribution in [0.1, 0.15) is 39.5 Å². The lowest BCUT2D eigenvalue weighted by molar-refractivity contribution is -0.123. The molecule has 2 aliphatic rings. The van der Waals surface area contributed by atoms with Crippen LogP contribution in [0.2, 0.25) is 0 Å². The lowest BCUT2D eigenvalue weighted by Gasteiger charge is -2.35. The molecule has 1 saturated carbocycles. The summed E-state index contributed by atoms with van der Waals surface area (Å²) in [5.74, 6) is 0.650. The maximum atomic E-state index is 11.7. The van der Waals surface area contributed by atoms with Gasteiger partial charge in [0.25, 0.3) is 0 Å². The van der Waals surface area contributed by atoms with Crippen molar-refractivity contribution in [1.29, 1.82) is 0 Å². The molecule has 98 valence electrons. The van der Waals surface area contributed by atoms with Gasteiger partial charge in [-0.1, -0.05) is 0 Å². The van der Waals surface area contributed by atoms with Crippen molar-refractivity contribution in [2.24, 2.45) is 11.7 Å². The molecule has 17 heavy (non-hydrogen) atoms. The molecule has 1 saturated heterocycles. The third-order valence-electron chi connectivity index (χ3n) is 4.07. The average Bonchev–Trinajstić information content (AvgIpc) is 3.06. The second-order valence-electron chi connectivity index (χ2n) is 5.96. The highest BCUT2D eigenvalue weighted by molar-refractivity contribution is 5.88. The number of rotatable bonds is 4. The number of piperidine rings is 1. The second kappa shape index (κ2) is 4.94. The fourth-order valence-electron chi connectivity index (χ4n) is 2.51.